The number of hydrogen-bond acceptors (Lipinski definition) is 5. The monoisotopic (exact) mass is 516 g/mol. The lowest BCUT2D eigenvalue weighted by molar-refractivity contribution is 0.0491. The summed E-state index contributed by atoms with van der Waals surface area (Å²) in [6, 6.07) is 6.03. The van der Waals surface area contributed by atoms with Crippen LogP contribution in [-0.4, -0.2) is 38.4 Å². The van der Waals surface area contributed by atoms with Crippen LogP contribution in [0.3, 0.4) is 0 Å². The summed E-state index contributed by atoms with van der Waals surface area (Å²) in [4.78, 5) is 26.1. The van der Waals surface area contributed by atoms with E-state index in [0.29, 0.717) is 5.69 Å². The van der Waals surface area contributed by atoms with Crippen LogP contribution in [0.2, 0.25) is 0 Å². The summed E-state index contributed by atoms with van der Waals surface area (Å²) in [6.45, 7) is 3.41. The van der Waals surface area contributed by atoms with Crippen LogP contribution in [0.25, 0.3) is 0 Å². The minimum absolute atomic E-state index is 0.197. The fourth-order valence-electron chi connectivity index (χ4n) is 3.17. The van der Waals surface area contributed by atoms with E-state index in [1.54, 1.807) is 13.0 Å². The molecule has 0 aromatic heterocycles. The number of aryl methyl sites for hydroxylation is 1. The molecule has 1 aliphatic rings. The molecule has 1 heterocycles. The van der Waals surface area contributed by atoms with Crippen LogP contribution in [0.5, 0.6) is 0 Å². The number of hydrogen-bond donors (Lipinski definition) is 1. The lowest BCUT2D eigenvalue weighted by atomic mass is 10.0. The van der Waals surface area contributed by atoms with Crippen molar-refractivity contribution in [3.8, 4) is 0 Å². The first-order valence-electron chi connectivity index (χ1n) is 8.77. The van der Waals surface area contributed by atoms with Gasteiger partial charge in [0.15, 0.2) is 18.4 Å². The molecule has 0 bridgehead atoms. The zero-order valence-corrected chi connectivity index (χ0v) is 18.2. The molecular formula is C20H19F2IN2O4. The first kappa shape index (κ1) is 21.4. The highest BCUT2D eigenvalue weighted by atomic mass is 127. The second-order valence-electron chi connectivity index (χ2n) is 6.70. The number of benzene rings is 2. The molecule has 0 radical (unpaired) electrons. The number of amides is 1. The zero-order valence-electron chi connectivity index (χ0n) is 16.0. The van der Waals surface area contributed by atoms with Crippen LogP contribution in [0.15, 0.2) is 24.3 Å². The van der Waals surface area contributed by atoms with E-state index < -0.39 is 35.1 Å². The van der Waals surface area contributed by atoms with E-state index in [4.69, 9.17) is 9.47 Å². The van der Waals surface area contributed by atoms with Gasteiger partial charge in [-0.2, -0.15) is 0 Å². The Kier molecular flexibility index (Phi) is 6.37. The maximum atomic E-state index is 15.1. The number of carbonyl (C=O) groups is 2. The molecule has 3 rings (SSSR count). The average Bonchev–Trinajstić information content (AvgIpc) is 2.65. The van der Waals surface area contributed by atoms with Gasteiger partial charge in [-0.1, -0.05) is 0 Å². The van der Waals surface area contributed by atoms with Crippen molar-refractivity contribution in [2.45, 2.75) is 19.9 Å². The minimum Gasteiger partial charge on any atom is -0.440 e. The molecule has 9 heteroatoms. The zero-order chi connectivity index (χ0) is 21.3. The molecule has 6 nitrogen and oxygen atoms in total. The number of rotatable bonds is 5. The summed E-state index contributed by atoms with van der Waals surface area (Å²) < 4.78 is 40.9. The summed E-state index contributed by atoms with van der Waals surface area (Å²) in [5, 5.41) is 2.51. The Balaban J connectivity index is 2.08. The van der Waals surface area contributed by atoms with Gasteiger partial charge in [0.25, 0.3) is 5.91 Å². The van der Waals surface area contributed by atoms with Gasteiger partial charge in [-0.25, -0.2) is 13.6 Å². The van der Waals surface area contributed by atoms with Crippen LogP contribution in [0, 0.1) is 22.1 Å². The van der Waals surface area contributed by atoms with Crippen molar-refractivity contribution >= 4 is 45.8 Å². The van der Waals surface area contributed by atoms with Gasteiger partial charge in [-0.05, 0) is 66.3 Å². The molecule has 0 spiro atoms. The molecule has 0 saturated carbocycles. The molecule has 0 aliphatic carbocycles. The molecule has 2 aromatic carbocycles. The highest BCUT2D eigenvalue weighted by Crippen LogP contribution is 2.38. The van der Waals surface area contributed by atoms with Crippen LogP contribution in [0.4, 0.5) is 20.2 Å². The molecule has 0 saturated heterocycles. The summed E-state index contributed by atoms with van der Waals surface area (Å²) in [5.41, 5.74) is 0.351. The molecule has 1 N–H and O–H groups in total. The van der Waals surface area contributed by atoms with Crippen molar-refractivity contribution in [3.63, 3.8) is 0 Å². The minimum atomic E-state index is -1.33. The molecule has 29 heavy (non-hydrogen) atoms. The van der Waals surface area contributed by atoms with Gasteiger partial charge in [0, 0.05) is 22.4 Å². The van der Waals surface area contributed by atoms with Crippen molar-refractivity contribution < 1.29 is 27.8 Å². The van der Waals surface area contributed by atoms with Crippen LogP contribution in [-0.2, 0) is 9.47 Å². The number of nitrogens with zero attached hydrogens (tertiary/aromatic N) is 1. The van der Waals surface area contributed by atoms with Crippen molar-refractivity contribution in [3.05, 3.63) is 56.2 Å². The number of esters is 1. The van der Waals surface area contributed by atoms with E-state index in [1.807, 2.05) is 19.1 Å². The number of halogens is 3. The first-order valence-corrected chi connectivity index (χ1v) is 9.85. The maximum absolute atomic E-state index is 15.1. The topological polar surface area (TPSA) is 67.9 Å². The summed E-state index contributed by atoms with van der Waals surface area (Å²) in [5.74, 6) is -4.27. The van der Waals surface area contributed by atoms with Crippen molar-refractivity contribution in [1.82, 2.24) is 5.32 Å². The Morgan fingerprint density at radius 3 is 2.72 bits per heavy atom. The standard InChI is InChI=1S/C20H19F2IN2O4/c1-10-6-12(23)4-5-15(10)25-9-29-20(27)14-7-13(16(21)17(22)18(14)25)19(26)24-11(2)8-28-3/h4-7,11H,8-9H2,1-3H3,(H,24,26). The lowest BCUT2D eigenvalue weighted by Crippen LogP contribution is -2.37. The fraction of sp³-hybridized carbons (Fsp3) is 0.300. The van der Waals surface area contributed by atoms with Crippen molar-refractivity contribution in [1.29, 1.82) is 0 Å². The van der Waals surface area contributed by atoms with E-state index in [9.17, 15) is 14.0 Å². The highest BCUT2D eigenvalue weighted by Gasteiger charge is 2.34. The van der Waals surface area contributed by atoms with E-state index in [1.165, 1.54) is 12.0 Å². The Hall–Kier alpha value is -2.27. The number of nitrogens with one attached hydrogen (secondary N) is 1. The van der Waals surface area contributed by atoms with Crippen LogP contribution in [0.1, 0.15) is 33.2 Å². The molecule has 2 aromatic rings. The fourth-order valence-corrected chi connectivity index (χ4v) is 3.82. The average molecular weight is 516 g/mol. The third kappa shape index (κ3) is 4.20. The smallest absolute Gasteiger partial charge is 0.342 e. The van der Waals surface area contributed by atoms with Gasteiger partial charge >= 0.3 is 5.97 Å². The SMILES string of the molecule is COCC(C)NC(=O)c1cc2c(c(F)c1F)N(c1ccc(I)cc1C)COC2=O. The number of cyclic esters (lactones) is 1. The lowest BCUT2D eigenvalue weighted by Gasteiger charge is -2.32. The molecular weight excluding hydrogens is 497 g/mol. The number of fused-ring (bicyclic) bond motifs is 1. The van der Waals surface area contributed by atoms with E-state index in [2.05, 4.69) is 27.9 Å². The predicted octanol–water partition coefficient (Wildman–Crippen LogP) is 3.91. The number of methoxy groups -OCH3 is 1. The molecule has 1 aliphatic heterocycles. The van der Waals surface area contributed by atoms with Gasteiger partial charge in [-0.3, -0.25) is 4.79 Å². The van der Waals surface area contributed by atoms with Crippen LogP contribution >= 0.6 is 22.6 Å². The quantitative estimate of drug-likeness (QED) is 0.483. The van der Waals surface area contributed by atoms with E-state index in [-0.39, 0.29) is 24.6 Å². The van der Waals surface area contributed by atoms with E-state index in [0.717, 1.165) is 15.2 Å². The first-order chi connectivity index (χ1) is 13.7. The second-order valence-corrected chi connectivity index (χ2v) is 7.94. The Morgan fingerprint density at radius 1 is 1.34 bits per heavy atom. The Labute approximate surface area is 180 Å². The predicted molar refractivity (Wildman–Crippen MR) is 111 cm³/mol. The van der Waals surface area contributed by atoms with Crippen molar-refractivity contribution in [2.24, 2.45) is 0 Å². The number of ether oxygens (including phenoxy) is 2. The van der Waals surface area contributed by atoms with Gasteiger partial charge in [-0.15, -0.1) is 0 Å². The Morgan fingerprint density at radius 2 is 2.07 bits per heavy atom. The highest BCUT2D eigenvalue weighted by molar-refractivity contribution is 14.1. The molecule has 1 unspecified atom stereocenters. The van der Waals surface area contributed by atoms with Crippen molar-refractivity contribution in [2.75, 3.05) is 25.3 Å². The summed E-state index contributed by atoms with van der Waals surface area (Å²) in [7, 11) is 1.46. The van der Waals surface area contributed by atoms with Gasteiger partial charge < -0.3 is 19.7 Å². The second kappa shape index (κ2) is 8.62. The maximum Gasteiger partial charge on any atom is 0.342 e. The van der Waals surface area contributed by atoms with Crippen LogP contribution < -0.4 is 10.2 Å². The molecule has 1 amide bonds. The third-order valence-electron chi connectivity index (χ3n) is 4.48. The van der Waals surface area contributed by atoms with E-state index >= 15 is 4.39 Å². The Bertz CT molecular complexity index is 983. The molecule has 1 atom stereocenters. The number of carbonyl (C=O) groups excluding carboxylic acids is 2. The van der Waals surface area contributed by atoms with Gasteiger partial charge in [0.1, 0.15) is 0 Å². The largest absolute Gasteiger partial charge is 0.440 e. The van der Waals surface area contributed by atoms with Gasteiger partial charge in [0.2, 0.25) is 0 Å². The molecule has 154 valence electrons. The normalized spacial score (nSPS) is 14.3. The van der Waals surface area contributed by atoms with Gasteiger partial charge in [0.05, 0.1) is 23.4 Å². The third-order valence-corrected chi connectivity index (χ3v) is 5.15. The molecule has 0 fully saturated rings. The number of anilines is 2. The summed E-state index contributed by atoms with van der Waals surface area (Å²) >= 11 is 2.14. The summed E-state index contributed by atoms with van der Waals surface area (Å²) in [6.07, 6.45) is 0.